The van der Waals surface area contributed by atoms with Crippen LogP contribution in [0.5, 0.6) is 0 Å². The molecule has 1 saturated heterocycles. The van der Waals surface area contributed by atoms with Gasteiger partial charge in [0.2, 0.25) is 0 Å². The van der Waals surface area contributed by atoms with E-state index in [1.54, 1.807) is 11.0 Å². The van der Waals surface area contributed by atoms with Crippen LogP contribution in [0.1, 0.15) is 24.0 Å². The summed E-state index contributed by atoms with van der Waals surface area (Å²) < 4.78 is 2.48. The highest BCUT2D eigenvalue weighted by Crippen LogP contribution is 2.27. The van der Waals surface area contributed by atoms with E-state index in [1.165, 1.54) is 11.1 Å². The third kappa shape index (κ3) is 3.97. The second-order valence-corrected chi connectivity index (χ2v) is 7.72. The molecule has 0 bridgehead atoms. The molecule has 0 atom stereocenters. The van der Waals surface area contributed by atoms with Gasteiger partial charge < -0.3 is 10.4 Å². The summed E-state index contributed by atoms with van der Waals surface area (Å²) >= 11 is 3.50. The molecule has 3 heterocycles. The van der Waals surface area contributed by atoms with Crippen molar-refractivity contribution in [1.82, 2.24) is 24.6 Å². The highest BCUT2D eigenvalue weighted by molar-refractivity contribution is 9.10. The third-order valence-electron chi connectivity index (χ3n) is 5.09. The van der Waals surface area contributed by atoms with Crippen LogP contribution in [0.2, 0.25) is 0 Å². The molecule has 0 saturated carbocycles. The van der Waals surface area contributed by atoms with Crippen molar-refractivity contribution in [2.45, 2.75) is 32.0 Å². The van der Waals surface area contributed by atoms with Crippen molar-refractivity contribution in [3.05, 3.63) is 46.3 Å². The van der Waals surface area contributed by atoms with E-state index in [2.05, 4.69) is 65.5 Å². The van der Waals surface area contributed by atoms with Gasteiger partial charge in [-0.2, -0.15) is 5.10 Å². The Bertz CT molecular complexity index is 935. The lowest BCUT2D eigenvalue weighted by atomic mass is 10.0. The Hall–Kier alpha value is -2.03. The van der Waals surface area contributed by atoms with Crippen LogP contribution < -0.4 is 5.32 Å². The van der Waals surface area contributed by atoms with E-state index < -0.39 is 0 Å². The highest BCUT2D eigenvalue weighted by Gasteiger charge is 2.18. The summed E-state index contributed by atoms with van der Waals surface area (Å²) in [5.41, 5.74) is 3.34. The van der Waals surface area contributed by atoms with E-state index in [0.717, 1.165) is 53.9 Å². The molecule has 1 fully saturated rings. The number of aliphatic hydroxyl groups excluding tert-OH is 1. The molecule has 2 N–H and O–H groups in total. The summed E-state index contributed by atoms with van der Waals surface area (Å²) in [6, 6.07) is 8.48. The predicted molar refractivity (Wildman–Crippen MR) is 108 cm³/mol. The van der Waals surface area contributed by atoms with Crippen LogP contribution in [0.25, 0.3) is 11.0 Å². The molecule has 0 spiro atoms. The van der Waals surface area contributed by atoms with Gasteiger partial charge in [0.25, 0.3) is 0 Å². The van der Waals surface area contributed by atoms with Crippen LogP contribution in [0.4, 0.5) is 5.82 Å². The van der Waals surface area contributed by atoms with Crippen LogP contribution in [0.3, 0.4) is 0 Å². The number of aryl methyl sites for hydroxylation is 1. The zero-order chi connectivity index (χ0) is 18.8. The zero-order valence-corrected chi connectivity index (χ0v) is 16.9. The standard InChI is InChI=1S/C19H23BrN6O/c1-25-19-16(17(20)24-25)18(22-12-23-19)21-10-13-4-2-3-5-14(13)11-26-8-6-15(27)7-9-26/h2-5,12,15,27H,6-11H2,1H3,(H,21,22,23). The number of fused-ring (bicyclic) bond motifs is 1. The average molecular weight is 431 g/mol. The number of piperidine rings is 1. The first-order valence-electron chi connectivity index (χ1n) is 9.16. The number of likely N-dealkylation sites (tertiary alicyclic amines) is 1. The van der Waals surface area contributed by atoms with Gasteiger partial charge in [-0.25, -0.2) is 14.6 Å². The number of rotatable bonds is 5. The van der Waals surface area contributed by atoms with Crippen LogP contribution in [-0.2, 0) is 20.1 Å². The minimum Gasteiger partial charge on any atom is -0.393 e. The second kappa shape index (κ2) is 7.92. The van der Waals surface area contributed by atoms with E-state index in [4.69, 9.17) is 0 Å². The van der Waals surface area contributed by atoms with Crippen molar-refractivity contribution in [2.75, 3.05) is 18.4 Å². The van der Waals surface area contributed by atoms with Gasteiger partial charge >= 0.3 is 0 Å². The minimum absolute atomic E-state index is 0.142. The molecule has 0 radical (unpaired) electrons. The largest absolute Gasteiger partial charge is 0.393 e. The molecular formula is C19H23BrN6O. The van der Waals surface area contributed by atoms with Crippen molar-refractivity contribution < 1.29 is 5.11 Å². The lowest BCUT2D eigenvalue weighted by Gasteiger charge is -2.30. The molecule has 142 valence electrons. The Morgan fingerprint density at radius 2 is 1.93 bits per heavy atom. The molecule has 1 aliphatic rings. The maximum atomic E-state index is 9.71. The number of aliphatic hydroxyl groups is 1. The number of halogens is 1. The average Bonchev–Trinajstić information content (AvgIpc) is 2.97. The number of nitrogens with one attached hydrogen (secondary N) is 1. The van der Waals surface area contributed by atoms with Crippen molar-refractivity contribution in [3.63, 3.8) is 0 Å². The summed E-state index contributed by atoms with van der Waals surface area (Å²) in [6.45, 7) is 3.47. The summed E-state index contributed by atoms with van der Waals surface area (Å²) in [6.07, 6.45) is 3.13. The summed E-state index contributed by atoms with van der Waals surface area (Å²) in [5.74, 6) is 0.774. The van der Waals surface area contributed by atoms with Crippen LogP contribution in [0, 0.1) is 0 Å². The number of benzene rings is 1. The van der Waals surface area contributed by atoms with Gasteiger partial charge in [-0.3, -0.25) is 4.90 Å². The van der Waals surface area contributed by atoms with Gasteiger partial charge in [0.1, 0.15) is 16.7 Å². The molecule has 0 amide bonds. The molecule has 7 nitrogen and oxygen atoms in total. The number of hydrogen-bond acceptors (Lipinski definition) is 6. The van der Waals surface area contributed by atoms with E-state index in [0.29, 0.717) is 6.54 Å². The molecule has 4 rings (SSSR count). The number of hydrogen-bond donors (Lipinski definition) is 2. The third-order valence-corrected chi connectivity index (χ3v) is 5.65. The van der Waals surface area contributed by atoms with Crippen molar-refractivity contribution in [3.8, 4) is 0 Å². The maximum Gasteiger partial charge on any atom is 0.164 e. The molecule has 3 aromatic rings. The number of anilines is 1. The first-order chi connectivity index (χ1) is 13.1. The smallest absolute Gasteiger partial charge is 0.164 e. The fraction of sp³-hybridized carbons (Fsp3) is 0.421. The topological polar surface area (TPSA) is 79.1 Å². The molecule has 2 aromatic heterocycles. The Labute approximate surface area is 166 Å². The van der Waals surface area contributed by atoms with E-state index >= 15 is 0 Å². The van der Waals surface area contributed by atoms with E-state index in [9.17, 15) is 5.11 Å². The van der Waals surface area contributed by atoms with Crippen molar-refractivity contribution in [1.29, 1.82) is 0 Å². The molecular weight excluding hydrogens is 408 g/mol. The van der Waals surface area contributed by atoms with E-state index in [-0.39, 0.29) is 6.10 Å². The normalized spacial score (nSPS) is 16.1. The maximum absolute atomic E-state index is 9.71. The Balaban J connectivity index is 1.51. The van der Waals surface area contributed by atoms with Gasteiger partial charge in [0, 0.05) is 33.2 Å². The van der Waals surface area contributed by atoms with Crippen molar-refractivity contribution in [2.24, 2.45) is 7.05 Å². The van der Waals surface area contributed by atoms with Crippen molar-refractivity contribution >= 4 is 32.8 Å². The summed E-state index contributed by atoms with van der Waals surface area (Å²) in [7, 11) is 1.87. The predicted octanol–water partition coefficient (Wildman–Crippen LogP) is 2.69. The SMILES string of the molecule is Cn1nc(Br)c2c(NCc3ccccc3CN3CCC(O)CC3)ncnc21. The second-order valence-electron chi connectivity index (χ2n) is 6.96. The Morgan fingerprint density at radius 3 is 2.70 bits per heavy atom. The first kappa shape index (κ1) is 18.3. The molecule has 0 unspecified atom stereocenters. The molecule has 27 heavy (non-hydrogen) atoms. The van der Waals surface area contributed by atoms with Gasteiger partial charge in [-0.1, -0.05) is 24.3 Å². The Kier molecular flexibility index (Phi) is 5.38. The van der Waals surface area contributed by atoms with Crippen LogP contribution in [-0.4, -0.2) is 48.9 Å². The molecule has 0 aliphatic carbocycles. The lowest BCUT2D eigenvalue weighted by Crippen LogP contribution is -2.35. The molecule has 1 aliphatic heterocycles. The van der Waals surface area contributed by atoms with Gasteiger partial charge in [0.15, 0.2) is 5.65 Å². The number of aromatic nitrogens is 4. The zero-order valence-electron chi connectivity index (χ0n) is 15.3. The summed E-state index contributed by atoms with van der Waals surface area (Å²) in [5, 5.41) is 18.4. The van der Waals surface area contributed by atoms with Crippen LogP contribution >= 0.6 is 15.9 Å². The Morgan fingerprint density at radius 1 is 1.19 bits per heavy atom. The molecule has 8 heteroatoms. The first-order valence-corrected chi connectivity index (χ1v) is 9.95. The summed E-state index contributed by atoms with van der Waals surface area (Å²) in [4.78, 5) is 11.1. The highest BCUT2D eigenvalue weighted by atomic mass is 79.9. The lowest BCUT2D eigenvalue weighted by molar-refractivity contribution is 0.0791. The fourth-order valence-electron chi connectivity index (χ4n) is 3.56. The van der Waals surface area contributed by atoms with Gasteiger partial charge in [0.05, 0.1) is 11.5 Å². The minimum atomic E-state index is -0.142. The molecule has 1 aromatic carbocycles. The monoisotopic (exact) mass is 430 g/mol. The van der Waals surface area contributed by atoms with Crippen LogP contribution in [0.15, 0.2) is 35.2 Å². The fourth-order valence-corrected chi connectivity index (χ4v) is 4.16. The van der Waals surface area contributed by atoms with Gasteiger partial charge in [-0.15, -0.1) is 0 Å². The number of nitrogens with zero attached hydrogens (tertiary/aromatic N) is 5. The van der Waals surface area contributed by atoms with E-state index in [1.807, 2.05) is 7.05 Å². The van der Waals surface area contributed by atoms with Gasteiger partial charge in [-0.05, 0) is 39.9 Å². The quantitative estimate of drug-likeness (QED) is 0.647.